The Bertz CT molecular complexity index is 475. The van der Waals surface area contributed by atoms with Crippen LogP contribution in [0.4, 0.5) is 5.13 Å². The van der Waals surface area contributed by atoms with Gasteiger partial charge in [-0.05, 0) is 13.8 Å². The number of thiazole rings is 1. The molecule has 6 nitrogen and oxygen atoms in total. The van der Waals surface area contributed by atoms with Gasteiger partial charge in [-0.25, -0.2) is 9.78 Å². The first-order valence-corrected chi connectivity index (χ1v) is 7.49. The molecule has 112 valence electrons. The van der Waals surface area contributed by atoms with Crippen molar-refractivity contribution in [2.24, 2.45) is 0 Å². The molecule has 0 saturated carbocycles. The number of hydrogen-bond donors (Lipinski definition) is 1. The molecule has 0 aliphatic heterocycles. The van der Waals surface area contributed by atoms with Crippen LogP contribution in [0.3, 0.4) is 0 Å². The third-order valence-corrected chi connectivity index (χ3v) is 4.07. The highest BCUT2D eigenvalue weighted by molar-refractivity contribution is 7.18. The summed E-state index contributed by atoms with van der Waals surface area (Å²) in [4.78, 5) is 29.2. The molecular weight excluding hydrogens is 302 g/mol. The van der Waals surface area contributed by atoms with Crippen molar-refractivity contribution in [2.75, 3.05) is 32.1 Å². The summed E-state index contributed by atoms with van der Waals surface area (Å²) in [5.41, 5.74) is 0. The minimum absolute atomic E-state index is 0.0818. The molecule has 0 aliphatic rings. The number of aromatic nitrogens is 1. The number of esters is 1. The van der Waals surface area contributed by atoms with Gasteiger partial charge in [0.05, 0.1) is 7.11 Å². The highest BCUT2D eigenvalue weighted by Gasteiger charge is 2.17. The zero-order valence-corrected chi connectivity index (χ0v) is 13.3. The average molecular weight is 320 g/mol. The van der Waals surface area contributed by atoms with Gasteiger partial charge in [-0.2, -0.15) is 0 Å². The van der Waals surface area contributed by atoms with E-state index in [1.807, 2.05) is 13.8 Å². The maximum absolute atomic E-state index is 11.8. The van der Waals surface area contributed by atoms with Crippen molar-refractivity contribution in [1.29, 1.82) is 0 Å². The summed E-state index contributed by atoms with van der Waals surface area (Å²) >= 11 is 6.95. The van der Waals surface area contributed by atoms with Crippen LogP contribution in [0.15, 0.2) is 0 Å². The summed E-state index contributed by atoms with van der Waals surface area (Å²) in [6.07, 6.45) is 0.367. The fourth-order valence-electron chi connectivity index (χ4n) is 1.61. The Kier molecular flexibility index (Phi) is 6.74. The van der Waals surface area contributed by atoms with Gasteiger partial charge in [0.25, 0.3) is 0 Å². The number of hydrogen-bond acceptors (Lipinski definition) is 6. The van der Waals surface area contributed by atoms with Crippen LogP contribution in [0.2, 0.25) is 5.15 Å². The number of anilines is 1. The molecule has 0 unspecified atom stereocenters. The number of methoxy groups -OCH3 is 1. The summed E-state index contributed by atoms with van der Waals surface area (Å²) in [6.45, 7) is 5.73. The topological polar surface area (TPSA) is 71.5 Å². The Morgan fingerprint density at radius 2 is 2.05 bits per heavy atom. The Morgan fingerprint density at radius 1 is 1.40 bits per heavy atom. The van der Waals surface area contributed by atoms with Gasteiger partial charge in [-0.1, -0.05) is 22.9 Å². The molecule has 1 aromatic rings. The van der Waals surface area contributed by atoms with Crippen molar-refractivity contribution in [3.05, 3.63) is 10.0 Å². The normalized spacial score (nSPS) is 10.2. The molecule has 1 heterocycles. The quantitative estimate of drug-likeness (QED) is 0.780. The Hall–Kier alpha value is -1.34. The van der Waals surface area contributed by atoms with Gasteiger partial charge in [0.2, 0.25) is 5.91 Å². The van der Waals surface area contributed by atoms with E-state index in [-0.39, 0.29) is 15.9 Å². The second kappa shape index (κ2) is 8.06. The molecule has 0 fully saturated rings. The van der Waals surface area contributed by atoms with Gasteiger partial charge < -0.3 is 15.0 Å². The standard InChI is InChI=1S/C12H18ClN3O3S/c1-4-16(5-2)8(17)6-7-14-12-15-10(13)9(20-12)11(18)19-3/h4-7H2,1-3H3,(H,14,15). The van der Waals surface area contributed by atoms with Crippen molar-refractivity contribution in [1.82, 2.24) is 9.88 Å². The number of carbonyl (C=O) groups excluding carboxylic acids is 2. The lowest BCUT2D eigenvalue weighted by atomic mass is 10.3. The molecule has 0 aliphatic carbocycles. The van der Waals surface area contributed by atoms with Gasteiger partial charge in [-0.15, -0.1) is 0 Å². The van der Waals surface area contributed by atoms with Gasteiger partial charge >= 0.3 is 5.97 Å². The summed E-state index contributed by atoms with van der Waals surface area (Å²) in [5.74, 6) is -0.432. The number of rotatable bonds is 7. The summed E-state index contributed by atoms with van der Waals surface area (Å²) in [7, 11) is 1.29. The Morgan fingerprint density at radius 3 is 2.60 bits per heavy atom. The van der Waals surface area contributed by atoms with E-state index in [0.29, 0.717) is 31.2 Å². The third-order valence-electron chi connectivity index (χ3n) is 2.69. The van der Waals surface area contributed by atoms with Gasteiger partial charge in [0.1, 0.15) is 0 Å². The van der Waals surface area contributed by atoms with Crippen LogP contribution in [0.1, 0.15) is 29.9 Å². The van der Waals surface area contributed by atoms with E-state index in [0.717, 1.165) is 11.3 Å². The second-order valence-corrected chi connectivity index (χ2v) is 5.23. The van der Waals surface area contributed by atoms with Crippen LogP contribution < -0.4 is 5.32 Å². The van der Waals surface area contributed by atoms with E-state index in [9.17, 15) is 9.59 Å². The number of nitrogens with one attached hydrogen (secondary N) is 1. The van der Waals surface area contributed by atoms with E-state index < -0.39 is 5.97 Å². The van der Waals surface area contributed by atoms with E-state index >= 15 is 0 Å². The average Bonchev–Trinajstić information content (AvgIpc) is 2.80. The first-order chi connectivity index (χ1) is 9.53. The van der Waals surface area contributed by atoms with Crippen LogP contribution in [-0.2, 0) is 9.53 Å². The van der Waals surface area contributed by atoms with Crippen LogP contribution in [0.25, 0.3) is 0 Å². The number of halogens is 1. The molecule has 20 heavy (non-hydrogen) atoms. The molecule has 1 amide bonds. The molecule has 0 bridgehead atoms. The molecule has 1 rings (SSSR count). The summed E-state index contributed by atoms with van der Waals surface area (Å²) in [6, 6.07) is 0. The zero-order valence-electron chi connectivity index (χ0n) is 11.7. The Balaban J connectivity index is 2.51. The largest absolute Gasteiger partial charge is 0.465 e. The molecule has 0 aromatic carbocycles. The first-order valence-electron chi connectivity index (χ1n) is 6.29. The lowest BCUT2D eigenvalue weighted by Gasteiger charge is -2.18. The summed E-state index contributed by atoms with van der Waals surface area (Å²) in [5, 5.41) is 3.60. The zero-order chi connectivity index (χ0) is 15.1. The number of amides is 1. The molecule has 0 atom stereocenters. The van der Waals surface area contributed by atoms with Crippen molar-refractivity contribution in [3.63, 3.8) is 0 Å². The molecule has 0 radical (unpaired) electrons. The van der Waals surface area contributed by atoms with Gasteiger partial charge in [0, 0.05) is 26.1 Å². The highest BCUT2D eigenvalue weighted by atomic mass is 35.5. The van der Waals surface area contributed by atoms with Crippen molar-refractivity contribution < 1.29 is 14.3 Å². The van der Waals surface area contributed by atoms with E-state index in [1.54, 1.807) is 4.90 Å². The molecule has 1 N–H and O–H groups in total. The molecule has 1 aromatic heterocycles. The molecule has 0 spiro atoms. The summed E-state index contributed by atoms with van der Waals surface area (Å²) < 4.78 is 4.59. The number of nitrogens with zero attached hydrogens (tertiary/aromatic N) is 2. The third kappa shape index (κ3) is 4.35. The smallest absolute Gasteiger partial charge is 0.351 e. The molecule has 8 heteroatoms. The molecular formula is C12H18ClN3O3S. The van der Waals surface area contributed by atoms with Crippen molar-refractivity contribution in [2.45, 2.75) is 20.3 Å². The minimum atomic E-state index is -0.514. The SMILES string of the molecule is CCN(CC)C(=O)CCNc1nc(Cl)c(C(=O)OC)s1. The van der Waals surface area contributed by atoms with Crippen molar-refractivity contribution >= 4 is 39.9 Å². The second-order valence-electron chi connectivity index (χ2n) is 3.87. The maximum atomic E-state index is 11.8. The fourth-order valence-corrected chi connectivity index (χ4v) is 2.74. The minimum Gasteiger partial charge on any atom is -0.465 e. The van der Waals surface area contributed by atoms with E-state index in [1.165, 1.54) is 7.11 Å². The van der Waals surface area contributed by atoms with Crippen LogP contribution in [0.5, 0.6) is 0 Å². The lowest BCUT2D eigenvalue weighted by Crippen LogP contribution is -2.31. The van der Waals surface area contributed by atoms with Crippen LogP contribution in [-0.4, -0.2) is 48.5 Å². The van der Waals surface area contributed by atoms with Gasteiger partial charge in [-0.3, -0.25) is 4.79 Å². The van der Waals surface area contributed by atoms with Crippen LogP contribution >= 0.6 is 22.9 Å². The fraction of sp³-hybridized carbons (Fsp3) is 0.583. The predicted molar refractivity (Wildman–Crippen MR) is 79.5 cm³/mol. The number of carbonyl (C=O) groups is 2. The van der Waals surface area contributed by atoms with Crippen molar-refractivity contribution in [3.8, 4) is 0 Å². The first kappa shape index (κ1) is 16.7. The highest BCUT2D eigenvalue weighted by Crippen LogP contribution is 2.27. The van der Waals surface area contributed by atoms with E-state index in [4.69, 9.17) is 11.6 Å². The lowest BCUT2D eigenvalue weighted by molar-refractivity contribution is -0.130. The number of ether oxygens (including phenoxy) is 1. The van der Waals surface area contributed by atoms with E-state index in [2.05, 4.69) is 15.0 Å². The monoisotopic (exact) mass is 319 g/mol. The van der Waals surface area contributed by atoms with Crippen LogP contribution in [0, 0.1) is 0 Å². The maximum Gasteiger partial charge on any atom is 0.351 e. The predicted octanol–water partition coefficient (Wildman–Crippen LogP) is 2.25. The Labute approximate surface area is 127 Å². The molecule has 0 saturated heterocycles. The van der Waals surface area contributed by atoms with Gasteiger partial charge in [0.15, 0.2) is 15.2 Å².